The van der Waals surface area contributed by atoms with E-state index in [9.17, 15) is 4.39 Å². The third-order valence-electron chi connectivity index (χ3n) is 2.99. The molecule has 0 saturated heterocycles. The number of hydrogen-bond donors (Lipinski definition) is 1. The Morgan fingerprint density at radius 3 is 2.70 bits per heavy atom. The summed E-state index contributed by atoms with van der Waals surface area (Å²) in [4.78, 5) is 0. The zero-order valence-corrected chi connectivity index (χ0v) is 12.2. The highest BCUT2D eigenvalue weighted by atomic mass is 35.5. The van der Waals surface area contributed by atoms with Gasteiger partial charge in [0.25, 0.3) is 0 Å². The lowest BCUT2D eigenvalue weighted by Crippen LogP contribution is -2.17. The molecule has 0 amide bonds. The second kappa shape index (κ2) is 6.73. The number of benzene rings is 2. The summed E-state index contributed by atoms with van der Waals surface area (Å²) in [6.07, 6.45) is 0. The number of hydrogen-bond acceptors (Lipinski definition) is 2. The quantitative estimate of drug-likeness (QED) is 0.843. The molecule has 0 fully saturated rings. The Balaban J connectivity index is 2.17. The molecule has 2 rings (SSSR count). The van der Waals surface area contributed by atoms with Crippen molar-refractivity contribution in [2.45, 2.75) is 19.9 Å². The van der Waals surface area contributed by atoms with E-state index in [1.165, 1.54) is 6.07 Å². The maximum absolute atomic E-state index is 14.1. The lowest BCUT2D eigenvalue weighted by Gasteiger charge is -2.14. The minimum Gasteiger partial charge on any atom is -0.454 e. The van der Waals surface area contributed by atoms with E-state index in [0.29, 0.717) is 10.8 Å². The highest BCUT2D eigenvalue weighted by Crippen LogP contribution is 2.28. The van der Waals surface area contributed by atoms with E-state index >= 15 is 0 Å². The average Bonchev–Trinajstić information content (AvgIpc) is 2.41. The van der Waals surface area contributed by atoms with Crippen molar-refractivity contribution in [2.75, 3.05) is 6.54 Å². The summed E-state index contributed by atoms with van der Waals surface area (Å²) in [7, 11) is 0. The molecule has 1 N–H and O–H groups in total. The molecule has 0 heterocycles. The molecule has 4 heteroatoms. The van der Waals surface area contributed by atoms with Gasteiger partial charge in [-0.25, -0.2) is 4.39 Å². The lowest BCUT2D eigenvalue weighted by atomic mass is 10.1. The maximum atomic E-state index is 14.1. The van der Waals surface area contributed by atoms with E-state index < -0.39 is 0 Å². The second-order valence-corrected chi connectivity index (χ2v) is 4.97. The van der Waals surface area contributed by atoms with Crippen LogP contribution < -0.4 is 10.1 Å². The maximum Gasteiger partial charge on any atom is 0.166 e. The molecular weight excluding hydrogens is 277 g/mol. The zero-order chi connectivity index (χ0) is 14.5. The summed E-state index contributed by atoms with van der Waals surface area (Å²) in [6, 6.07) is 12.0. The van der Waals surface area contributed by atoms with Gasteiger partial charge in [0.1, 0.15) is 5.75 Å². The van der Waals surface area contributed by atoms with Crippen molar-refractivity contribution in [3.8, 4) is 11.5 Å². The van der Waals surface area contributed by atoms with Gasteiger partial charge in [0.15, 0.2) is 11.6 Å². The molecule has 0 radical (unpaired) electrons. The van der Waals surface area contributed by atoms with Crippen molar-refractivity contribution in [1.82, 2.24) is 5.32 Å². The number of halogens is 2. The molecule has 1 unspecified atom stereocenters. The van der Waals surface area contributed by atoms with Crippen molar-refractivity contribution in [3.05, 3.63) is 58.9 Å². The van der Waals surface area contributed by atoms with E-state index in [1.54, 1.807) is 30.3 Å². The first-order valence-electron chi connectivity index (χ1n) is 6.56. The van der Waals surface area contributed by atoms with Crippen molar-refractivity contribution >= 4 is 11.6 Å². The van der Waals surface area contributed by atoms with Crippen LogP contribution in [0, 0.1) is 5.82 Å². The standard InChI is InChI=1S/C16H17ClFNO/c1-3-19-11(2)12-7-8-16(15(18)9-12)20-14-6-4-5-13(17)10-14/h4-11,19H,3H2,1-2H3. The summed E-state index contributed by atoms with van der Waals surface area (Å²) in [5.74, 6) is 0.329. The van der Waals surface area contributed by atoms with Crippen LogP contribution in [-0.2, 0) is 0 Å². The van der Waals surface area contributed by atoms with E-state index in [2.05, 4.69) is 5.32 Å². The average molecular weight is 294 g/mol. The van der Waals surface area contributed by atoms with Crippen molar-refractivity contribution in [1.29, 1.82) is 0 Å². The van der Waals surface area contributed by atoms with E-state index in [-0.39, 0.29) is 17.6 Å². The van der Waals surface area contributed by atoms with E-state index in [0.717, 1.165) is 12.1 Å². The predicted octanol–water partition coefficient (Wildman–Crippen LogP) is 4.94. The van der Waals surface area contributed by atoms with Crippen LogP contribution in [0.5, 0.6) is 11.5 Å². The molecule has 0 aromatic heterocycles. The molecule has 0 saturated carbocycles. The fourth-order valence-corrected chi connectivity index (χ4v) is 2.13. The van der Waals surface area contributed by atoms with Crippen LogP contribution in [0.1, 0.15) is 25.5 Å². The summed E-state index contributed by atoms with van der Waals surface area (Å²) in [5.41, 5.74) is 0.891. The van der Waals surface area contributed by atoms with Gasteiger partial charge < -0.3 is 10.1 Å². The Bertz CT molecular complexity index is 588. The summed E-state index contributed by atoms with van der Waals surface area (Å²) < 4.78 is 19.6. The largest absolute Gasteiger partial charge is 0.454 e. The van der Waals surface area contributed by atoms with Crippen LogP contribution in [0.4, 0.5) is 4.39 Å². The zero-order valence-electron chi connectivity index (χ0n) is 11.5. The van der Waals surface area contributed by atoms with Gasteiger partial charge in [-0.2, -0.15) is 0 Å². The Morgan fingerprint density at radius 2 is 2.05 bits per heavy atom. The Kier molecular flexibility index (Phi) is 4.99. The van der Waals surface area contributed by atoms with Gasteiger partial charge in [0.2, 0.25) is 0 Å². The van der Waals surface area contributed by atoms with Crippen LogP contribution in [0.2, 0.25) is 5.02 Å². The summed E-state index contributed by atoms with van der Waals surface area (Å²) in [6.45, 7) is 4.85. The second-order valence-electron chi connectivity index (χ2n) is 4.53. The third-order valence-corrected chi connectivity index (χ3v) is 3.23. The molecule has 2 nitrogen and oxygen atoms in total. The van der Waals surface area contributed by atoms with Gasteiger partial charge in [-0.1, -0.05) is 30.7 Å². The lowest BCUT2D eigenvalue weighted by molar-refractivity contribution is 0.440. The van der Waals surface area contributed by atoms with Crippen LogP contribution >= 0.6 is 11.6 Å². The fraction of sp³-hybridized carbons (Fsp3) is 0.250. The van der Waals surface area contributed by atoms with Crippen LogP contribution in [0.25, 0.3) is 0 Å². The van der Waals surface area contributed by atoms with E-state index in [4.69, 9.17) is 16.3 Å². The molecule has 0 aliphatic rings. The molecule has 2 aromatic rings. The number of rotatable bonds is 5. The van der Waals surface area contributed by atoms with Crippen molar-refractivity contribution in [2.24, 2.45) is 0 Å². The molecule has 106 valence electrons. The van der Waals surface area contributed by atoms with Crippen LogP contribution in [0.3, 0.4) is 0 Å². The third kappa shape index (κ3) is 3.71. The first kappa shape index (κ1) is 14.8. The molecule has 0 aliphatic heterocycles. The van der Waals surface area contributed by atoms with Crippen LogP contribution in [-0.4, -0.2) is 6.54 Å². The first-order chi connectivity index (χ1) is 9.60. The topological polar surface area (TPSA) is 21.3 Å². The van der Waals surface area contributed by atoms with Gasteiger partial charge in [-0.15, -0.1) is 0 Å². The van der Waals surface area contributed by atoms with Crippen molar-refractivity contribution in [3.63, 3.8) is 0 Å². The molecule has 20 heavy (non-hydrogen) atoms. The van der Waals surface area contributed by atoms with Gasteiger partial charge >= 0.3 is 0 Å². The van der Waals surface area contributed by atoms with Gasteiger partial charge in [0.05, 0.1) is 0 Å². The van der Waals surface area contributed by atoms with Crippen molar-refractivity contribution < 1.29 is 9.13 Å². The summed E-state index contributed by atoms with van der Waals surface area (Å²) >= 11 is 5.87. The molecule has 2 aromatic carbocycles. The molecule has 0 aliphatic carbocycles. The molecular formula is C16H17ClFNO. The first-order valence-corrected chi connectivity index (χ1v) is 6.94. The summed E-state index contributed by atoms with van der Waals surface area (Å²) in [5, 5.41) is 3.80. The van der Waals surface area contributed by atoms with Crippen LogP contribution in [0.15, 0.2) is 42.5 Å². The monoisotopic (exact) mass is 293 g/mol. The number of ether oxygens (including phenoxy) is 1. The van der Waals surface area contributed by atoms with Gasteiger partial charge in [-0.05, 0) is 49.4 Å². The molecule has 1 atom stereocenters. The predicted molar refractivity (Wildman–Crippen MR) is 80.0 cm³/mol. The highest BCUT2D eigenvalue weighted by molar-refractivity contribution is 6.30. The minimum atomic E-state index is -0.382. The smallest absolute Gasteiger partial charge is 0.166 e. The highest BCUT2D eigenvalue weighted by Gasteiger charge is 2.10. The normalized spacial score (nSPS) is 12.2. The molecule has 0 bridgehead atoms. The Labute approximate surface area is 123 Å². The van der Waals surface area contributed by atoms with E-state index in [1.807, 2.05) is 19.9 Å². The number of nitrogens with one attached hydrogen (secondary N) is 1. The SMILES string of the molecule is CCNC(C)c1ccc(Oc2cccc(Cl)c2)c(F)c1. The van der Waals surface area contributed by atoms with Gasteiger partial charge in [-0.3, -0.25) is 0 Å². The Hall–Kier alpha value is -1.58. The Morgan fingerprint density at radius 1 is 1.25 bits per heavy atom. The fourth-order valence-electron chi connectivity index (χ4n) is 1.95. The molecule has 0 spiro atoms. The minimum absolute atomic E-state index is 0.106. The van der Waals surface area contributed by atoms with Gasteiger partial charge in [0, 0.05) is 11.1 Å².